The van der Waals surface area contributed by atoms with Crippen LogP contribution in [0, 0.1) is 17.8 Å². The van der Waals surface area contributed by atoms with Gasteiger partial charge in [-0.05, 0) is 37.4 Å². The van der Waals surface area contributed by atoms with Crippen LogP contribution >= 0.6 is 0 Å². The molecule has 0 spiro atoms. The van der Waals surface area contributed by atoms with Crippen molar-refractivity contribution in [1.82, 2.24) is 4.90 Å². The lowest BCUT2D eigenvalue weighted by atomic mass is 9.86. The van der Waals surface area contributed by atoms with Crippen LogP contribution in [0.25, 0.3) is 0 Å². The minimum atomic E-state index is -0.0791. The van der Waals surface area contributed by atoms with E-state index in [9.17, 15) is 0 Å². The normalized spacial score (nSPS) is 22.4. The molecule has 108 valence electrons. The minimum absolute atomic E-state index is 0.0791. The number of aliphatic hydroxyl groups excluding tert-OH is 1. The second kappa shape index (κ2) is 7.47. The summed E-state index contributed by atoms with van der Waals surface area (Å²) < 4.78 is 0. The first kappa shape index (κ1) is 15.1. The van der Waals surface area contributed by atoms with Crippen molar-refractivity contribution in [3.63, 3.8) is 0 Å². The van der Waals surface area contributed by atoms with Crippen LogP contribution in [0.4, 0.5) is 0 Å². The van der Waals surface area contributed by atoms with E-state index < -0.39 is 0 Å². The Morgan fingerprint density at radius 1 is 1.30 bits per heavy atom. The van der Waals surface area contributed by atoms with Crippen molar-refractivity contribution in [3.8, 4) is 11.8 Å². The van der Waals surface area contributed by atoms with Crippen molar-refractivity contribution in [2.24, 2.45) is 5.92 Å². The first-order chi connectivity index (χ1) is 9.70. The molecule has 1 aliphatic carbocycles. The molecule has 2 nitrogen and oxygen atoms in total. The smallest absolute Gasteiger partial charge is 0.104 e. The summed E-state index contributed by atoms with van der Waals surface area (Å²) >= 11 is 0. The zero-order valence-corrected chi connectivity index (χ0v) is 12.6. The highest BCUT2D eigenvalue weighted by molar-refractivity contribution is 5.41. The number of rotatable bonds is 3. The van der Waals surface area contributed by atoms with E-state index in [0.717, 1.165) is 18.0 Å². The fourth-order valence-corrected chi connectivity index (χ4v) is 3.12. The molecule has 1 fully saturated rings. The van der Waals surface area contributed by atoms with Gasteiger partial charge in [0, 0.05) is 18.2 Å². The van der Waals surface area contributed by atoms with Crippen LogP contribution in [0.15, 0.2) is 24.3 Å². The van der Waals surface area contributed by atoms with E-state index >= 15 is 0 Å². The Balaban J connectivity index is 2.05. The van der Waals surface area contributed by atoms with Gasteiger partial charge in [0.25, 0.3) is 0 Å². The van der Waals surface area contributed by atoms with Gasteiger partial charge in [0.15, 0.2) is 0 Å². The summed E-state index contributed by atoms with van der Waals surface area (Å²) in [5.41, 5.74) is 2.30. The van der Waals surface area contributed by atoms with E-state index in [0.29, 0.717) is 6.04 Å². The second-order valence-electron chi connectivity index (χ2n) is 5.96. The van der Waals surface area contributed by atoms with Crippen LogP contribution in [0.5, 0.6) is 0 Å². The topological polar surface area (TPSA) is 23.5 Å². The first-order valence-corrected chi connectivity index (χ1v) is 7.58. The van der Waals surface area contributed by atoms with Gasteiger partial charge >= 0.3 is 0 Å². The maximum atomic E-state index is 8.85. The fraction of sp³-hybridized carbons (Fsp3) is 0.556. The summed E-state index contributed by atoms with van der Waals surface area (Å²) in [6.45, 7) is 3.22. The minimum Gasteiger partial charge on any atom is -0.384 e. The molecule has 1 saturated carbocycles. The quantitative estimate of drug-likeness (QED) is 0.854. The molecule has 0 bridgehead atoms. The van der Waals surface area contributed by atoms with Crippen LogP contribution in [0.1, 0.15) is 43.7 Å². The van der Waals surface area contributed by atoms with E-state index in [2.05, 4.69) is 42.8 Å². The third-order valence-corrected chi connectivity index (χ3v) is 4.27. The van der Waals surface area contributed by atoms with Crippen molar-refractivity contribution >= 4 is 0 Å². The van der Waals surface area contributed by atoms with Gasteiger partial charge in [-0.25, -0.2) is 0 Å². The van der Waals surface area contributed by atoms with E-state index in [1.54, 1.807) is 0 Å². The molecular weight excluding hydrogens is 246 g/mol. The van der Waals surface area contributed by atoms with Crippen LogP contribution in [-0.2, 0) is 6.54 Å². The van der Waals surface area contributed by atoms with Gasteiger partial charge < -0.3 is 5.11 Å². The van der Waals surface area contributed by atoms with Gasteiger partial charge in [-0.2, -0.15) is 0 Å². The van der Waals surface area contributed by atoms with Gasteiger partial charge in [-0.15, -0.1) is 0 Å². The number of hydrogen-bond acceptors (Lipinski definition) is 2. The lowest BCUT2D eigenvalue weighted by Gasteiger charge is -2.34. The average Bonchev–Trinajstić information content (AvgIpc) is 2.46. The van der Waals surface area contributed by atoms with Gasteiger partial charge in [-0.3, -0.25) is 4.90 Å². The van der Waals surface area contributed by atoms with Crippen LogP contribution < -0.4 is 0 Å². The molecule has 1 aromatic rings. The summed E-state index contributed by atoms with van der Waals surface area (Å²) in [5, 5.41) is 8.85. The van der Waals surface area contributed by atoms with E-state index in [4.69, 9.17) is 5.11 Å². The van der Waals surface area contributed by atoms with Crippen molar-refractivity contribution in [2.45, 2.75) is 45.2 Å². The summed E-state index contributed by atoms with van der Waals surface area (Å²) in [7, 11) is 2.22. The van der Waals surface area contributed by atoms with Gasteiger partial charge in [-0.1, -0.05) is 49.8 Å². The Kier molecular flexibility index (Phi) is 5.64. The molecule has 0 aliphatic heterocycles. The summed E-state index contributed by atoms with van der Waals surface area (Å²) in [5.74, 6) is 6.65. The molecule has 0 heterocycles. The lowest BCUT2D eigenvalue weighted by Crippen LogP contribution is -2.35. The highest BCUT2D eigenvalue weighted by atomic mass is 16.2. The maximum absolute atomic E-state index is 8.85. The van der Waals surface area contributed by atoms with Gasteiger partial charge in [0.05, 0.1) is 0 Å². The Hall–Kier alpha value is -1.30. The molecule has 0 aromatic heterocycles. The van der Waals surface area contributed by atoms with Crippen LogP contribution in [-0.4, -0.2) is 29.7 Å². The molecule has 2 heteroatoms. The number of nitrogens with zero attached hydrogens (tertiary/aromatic N) is 1. The molecule has 1 N–H and O–H groups in total. The largest absolute Gasteiger partial charge is 0.384 e. The van der Waals surface area contributed by atoms with Crippen LogP contribution in [0.2, 0.25) is 0 Å². The van der Waals surface area contributed by atoms with E-state index in [-0.39, 0.29) is 6.61 Å². The maximum Gasteiger partial charge on any atom is 0.104 e. The third-order valence-electron chi connectivity index (χ3n) is 4.27. The average molecular weight is 271 g/mol. The molecule has 2 atom stereocenters. The second-order valence-corrected chi connectivity index (χ2v) is 5.96. The highest BCUT2D eigenvalue weighted by Gasteiger charge is 2.22. The third kappa shape index (κ3) is 4.10. The van der Waals surface area contributed by atoms with E-state index in [1.165, 1.54) is 31.2 Å². The van der Waals surface area contributed by atoms with Crippen molar-refractivity contribution in [2.75, 3.05) is 13.7 Å². The summed E-state index contributed by atoms with van der Waals surface area (Å²) in [6, 6.07) is 8.95. The molecule has 1 aliphatic rings. The van der Waals surface area contributed by atoms with Crippen molar-refractivity contribution < 1.29 is 5.11 Å². The lowest BCUT2D eigenvalue weighted by molar-refractivity contribution is 0.157. The Labute approximate surface area is 122 Å². The molecule has 0 saturated heterocycles. The predicted molar refractivity (Wildman–Crippen MR) is 83.3 cm³/mol. The SMILES string of the molecule is CC1CCCC(N(C)Cc2ccccc2C#CCO)C1. The number of aliphatic hydroxyl groups is 1. The number of benzene rings is 1. The molecular formula is C18H25NO. The molecule has 1 aromatic carbocycles. The van der Waals surface area contributed by atoms with E-state index in [1.807, 2.05) is 12.1 Å². The molecule has 2 rings (SSSR count). The first-order valence-electron chi connectivity index (χ1n) is 7.58. The van der Waals surface area contributed by atoms with Gasteiger partial charge in [0.2, 0.25) is 0 Å². The Morgan fingerprint density at radius 3 is 2.85 bits per heavy atom. The zero-order chi connectivity index (χ0) is 14.4. The fourth-order valence-electron chi connectivity index (χ4n) is 3.12. The zero-order valence-electron chi connectivity index (χ0n) is 12.6. The number of hydrogen-bond donors (Lipinski definition) is 1. The van der Waals surface area contributed by atoms with Crippen molar-refractivity contribution in [1.29, 1.82) is 0 Å². The summed E-state index contributed by atoms with van der Waals surface area (Å²) in [6.07, 6.45) is 5.34. The Bertz CT molecular complexity index is 486. The van der Waals surface area contributed by atoms with Crippen molar-refractivity contribution in [3.05, 3.63) is 35.4 Å². The molecule has 0 amide bonds. The standard InChI is InChI=1S/C18H25NO/c1-15-7-5-11-18(13-15)19(2)14-17-9-4-3-8-16(17)10-6-12-20/h3-4,8-9,15,18,20H,5,7,11-14H2,1-2H3. The highest BCUT2D eigenvalue weighted by Crippen LogP contribution is 2.27. The molecule has 2 unspecified atom stereocenters. The predicted octanol–water partition coefficient (Wildman–Crippen LogP) is 3.04. The summed E-state index contributed by atoms with van der Waals surface area (Å²) in [4.78, 5) is 2.47. The monoisotopic (exact) mass is 271 g/mol. The molecule has 0 radical (unpaired) electrons. The van der Waals surface area contributed by atoms with Crippen LogP contribution in [0.3, 0.4) is 0 Å². The molecule has 20 heavy (non-hydrogen) atoms. The van der Waals surface area contributed by atoms with Gasteiger partial charge in [0.1, 0.15) is 6.61 Å². The Morgan fingerprint density at radius 2 is 2.10 bits per heavy atom.